The van der Waals surface area contributed by atoms with Crippen LogP contribution in [0.2, 0.25) is 0 Å². The second-order valence-corrected chi connectivity index (χ2v) is 6.35. The van der Waals surface area contributed by atoms with Gasteiger partial charge >= 0.3 is 0 Å². The summed E-state index contributed by atoms with van der Waals surface area (Å²) in [5, 5.41) is 6.56. The van der Waals surface area contributed by atoms with Crippen LogP contribution in [0.4, 0.5) is 5.69 Å². The van der Waals surface area contributed by atoms with Gasteiger partial charge in [-0.2, -0.15) is 0 Å². The highest BCUT2D eigenvalue weighted by Gasteiger charge is 2.42. The van der Waals surface area contributed by atoms with Gasteiger partial charge in [0.25, 0.3) is 5.91 Å². The Balaban J connectivity index is 1.66. The van der Waals surface area contributed by atoms with Gasteiger partial charge in [-0.15, -0.1) is 0 Å². The second-order valence-electron chi connectivity index (χ2n) is 6.35. The zero-order valence-electron chi connectivity index (χ0n) is 11.7. The Hall–Kier alpha value is -1.51. The summed E-state index contributed by atoms with van der Waals surface area (Å²) in [7, 11) is 0. The smallest absolute Gasteiger partial charge is 0.251 e. The maximum absolute atomic E-state index is 12.0. The molecule has 0 aromatic heterocycles. The number of hydrogen-bond acceptors (Lipinski definition) is 2. The zero-order valence-corrected chi connectivity index (χ0v) is 11.7. The van der Waals surface area contributed by atoms with Crippen molar-refractivity contribution >= 4 is 11.6 Å². The molecule has 3 nitrogen and oxygen atoms in total. The molecular weight excluding hydrogens is 236 g/mol. The largest absolute Gasteiger partial charge is 0.382 e. The van der Waals surface area contributed by atoms with E-state index in [2.05, 4.69) is 24.5 Å². The van der Waals surface area contributed by atoms with Crippen molar-refractivity contribution in [3.63, 3.8) is 0 Å². The average Bonchev–Trinajstić information content (AvgIpc) is 3.28. The quantitative estimate of drug-likeness (QED) is 0.851. The summed E-state index contributed by atoms with van der Waals surface area (Å²) in [6.07, 6.45) is 4.84. The van der Waals surface area contributed by atoms with Gasteiger partial charge in [0.1, 0.15) is 0 Å². The molecule has 1 aromatic rings. The van der Waals surface area contributed by atoms with E-state index in [9.17, 15) is 4.79 Å². The molecule has 3 rings (SSSR count). The first-order valence-electron chi connectivity index (χ1n) is 7.24. The molecule has 0 radical (unpaired) electrons. The van der Waals surface area contributed by atoms with Crippen molar-refractivity contribution in [2.24, 2.45) is 5.41 Å². The Morgan fingerprint density at radius 1 is 1.37 bits per heavy atom. The van der Waals surface area contributed by atoms with E-state index in [1.807, 2.05) is 24.3 Å². The fourth-order valence-corrected chi connectivity index (χ4v) is 2.30. The van der Waals surface area contributed by atoms with Gasteiger partial charge in [-0.05, 0) is 56.2 Å². The van der Waals surface area contributed by atoms with Crippen molar-refractivity contribution in [2.75, 3.05) is 5.32 Å². The van der Waals surface area contributed by atoms with Crippen LogP contribution in [0.25, 0.3) is 0 Å². The molecular formula is C16H22N2O. The number of carbonyl (C=O) groups is 1. The monoisotopic (exact) mass is 258 g/mol. The molecule has 2 fully saturated rings. The Labute approximate surface area is 114 Å². The van der Waals surface area contributed by atoms with Gasteiger partial charge in [0.2, 0.25) is 0 Å². The van der Waals surface area contributed by atoms with Gasteiger partial charge in [-0.25, -0.2) is 0 Å². The predicted octanol–water partition coefficient (Wildman–Crippen LogP) is 3.18. The van der Waals surface area contributed by atoms with Crippen molar-refractivity contribution in [3.05, 3.63) is 29.8 Å². The minimum atomic E-state index is 0.0523. The molecule has 2 aliphatic rings. The van der Waals surface area contributed by atoms with E-state index in [0.29, 0.717) is 17.5 Å². The molecule has 1 atom stereocenters. The Morgan fingerprint density at radius 3 is 2.74 bits per heavy atom. The van der Waals surface area contributed by atoms with E-state index < -0.39 is 0 Å². The average molecular weight is 258 g/mol. The van der Waals surface area contributed by atoms with Crippen LogP contribution in [0.15, 0.2) is 24.3 Å². The summed E-state index contributed by atoms with van der Waals surface area (Å²) in [6, 6.07) is 8.69. The summed E-state index contributed by atoms with van der Waals surface area (Å²) in [4.78, 5) is 12.0. The SMILES string of the molecule is CC(Nc1cccc(C(=O)NC2CC2)c1)C1(C)CC1. The van der Waals surface area contributed by atoms with Crippen molar-refractivity contribution in [3.8, 4) is 0 Å². The topological polar surface area (TPSA) is 41.1 Å². The lowest BCUT2D eigenvalue weighted by Gasteiger charge is -2.21. The molecule has 0 heterocycles. The highest BCUT2D eigenvalue weighted by Crippen LogP contribution is 2.48. The molecule has 0 aliphatic heterocycles. The molecule has 3 heteroatoms. The van der Waals surface area contributed by atoms with Gasteiger partial charge in [0.15, 0.2) is 0 Å². The molecule has 0 bridgehead atoms. The standard InChI is InChI=1S/C16H22N2O/c1-11(16(2)8-9-16)17-14-5-3-4-12(10-14)15(19)18-13-6-7-13/h3-5,10-11,13,17H,6-9H2,1-2H3,(H,18,19). The van der Waals surface area contributed by atoms with Crippen LogP contribution in [-0.4, -0.2) is 18.0 Å². The van der Waals surface area contributed by atoms with Gasteiger partial charge < -0.3 is 10.6 Å². The first kappa shape index (κ1) is 12.5. The fourth-order valence-electron chi connectivity index (χ4n) is 2.30. The molecule has 2 aliphatic carbocycles. The van der Waals surface area contributed by atoms with Crippen molar-refractivity contribution in [1.29, 1.82) is 0 Å². The third kappa shape index (κ3) is 2.91. The van der Waals surface area contributed by atoms with E-state index in [-0.39, 0.29) is 5.91 Å². The molecule has 1 aromatic carbocycles. The molecule has 0 saturated heterocycles. The summed E-state index contributed by atoms with van der Waals surface area (Å²) < 4.78 is 0. The maximum atomic E-state index is 12.0. The number of carbonyl (C=O) groups excluding carboxylic acids is 1. The summed E-state index contributed by atoms with van der Waals surface area (Å²) >= 11 is 0. The van der Waals surface area contributed by atoms with Crippen LogP contribution in [-0.2, 0) is 0 Å². The molecule has 1 amide bonds. The lowest BCUT2D eigenvalue weighted by atomic mass is 10.0. The zero-order chi connectivity index (χ0) is 13.5. The first-order valence-corrected chi connectivity index (χ1v) is 7.24. The third-order valence-corrected chi connectivity index (χ3v) is 4.50. The van der Waals surface area contributed by atoms with E-state index in [1.165, 1.54) is 12.8 Å². The molecule has 102 valence electrons. The summed E-state index contributed by atoms with van der Waals surface area (Å²) in [5.74, 6) is 0.0523. The minimum absolute atomic E-state index is 0.0523. The molecule has 19 heavy (non-hydrogen) atoms. The number of amides is 1. The van der Waals surface area contributed by atoms with Crippen molar-refractivity contribution < 1.29 is 4.79 Å². The summed E-state index contributed by atoms with van der Waals surface area (Å²) in [6.45, 7) is 4.54. The lowest BCUT2D eigenvalue weighted by molar-refractivity contribution is 0.0951. The lowest BCUT2D eigenvalue weighted by Crippen LogP contribution is -2.26. The number of rotatable bonds is 5. The Morgan fingerprint density at radius 2 is 2.11 bits per heavy atom. The van der Waals surface area contributed by atoms with Crippen LogP contribution in [0.3, 0.4) is 0 Å². The van der Waals surface area contributed by atoms with Gasteiger partial charge in [0.05, 0.1) is 0 Å². The number of benzene rings is 1. The normalized spacial score (nSPS) is 21.6. The fraction of sp³-hybridized carbons (Fsp3) is 0.562. The predicted molar refractivity (Wildman–Crippen MR) is 77.4 cm³/mol. The van der Waals surface area contributed by atoms with Crippen molar-refractivity contribution in [2.45, 2.75) is 51.6 Å². The van der Waals surface area contributed by atoms with Gasteiger partial charge in [-0.3, -0.25) is 4.79 Å². The summed E-state index contributed by atoms with van der Waals surface area (Å²) in [5.41, 5.74) is 2.24. The molecule has 2 saturated carbocycles. The van der Waals surface area contributed by atoms with Crippen LogP contribution in [0.5, 0.6) is 0 Å². The molecule has 2 N–H and O–H groups in total. The first-order chi connectivity index (χ1) is 9.07. The number of anilines is 1. The Bertz CT molecular complexity index is 489. The molecule has 1 unspecified atom stereocenters. The van der Waals surface area contributed by atoms with Crippen LogP contribution in [0, 0.1) is 5.41 Å². The van der Waals surface area contributed by atoms with E-state index in [0.717, 1.165) is 24.1 Å². The van der Waals surface area contributed by atoms with E-state index in [1.54, 1.807) is 0 Å². The third-order valence-electron chi connectivity index (χ3n) is 4.50. The molecule has 0 spiro atoms. The highest BCUT2D eigenvalue weighted by atomic mass is 16.1. The van der Waals surface area contributed by atoms with E-state index >= 15 is 0 Å². The Kier molecular flexibility index (Phi) is 3.00. The van der Waals surface area contributed by atoms with Gasteiger partial charge in [-0.1, -0.05) is 13.0 Å². The van der Waals surface area contributed by atoms with Crippen molar-refractivity contribution in [1.82, 2.24) is 5.32 Å². The minimum Gasteiger partial charge on any atom is -0.382 e. The van der Waals surface area contributed by atoms with Crippen LogP contribution >= 0.6 is 0 Å². The number of hydrogen-bond donors (Lipinski definition) is 2. The van der Waals surface area contributed by atoms with Crippen LogP contribution in [0.1, 0.15) is 49.9 Å². The van der Waals surface area contributed by atoms with Crippen LogP contribution < -0.4 is 10.6 Å². The van der Waals surface area contributed by atoms with E-state index in [4.69, 9.17) is 0 Å². The van der Waals surface area contributed by atoms with Gasteiger partial charge in [0, 0.05) is 23.3 Å². The number of nitrogens with one attached hydrogen (secondary N) is 2. The maximum Gasteiger partial charge on any atom is 0.251 e. The highest BCUT2D eigenvalue weighted by molar-refractivity contribution is 5.95. The second kappa shape index (κ2) is 4.55.